The van der Waals surface area contributed by atoms with Gasteiger partial charge >= 0.3 is 0 Å². The van der Waals surface area contributed by atoms with Gasteiger partial charge in [0, 0.05) is 0 Å². The van der Waals surface area contributed by atoms with Crippen LogP contribution in [0.15, 0.2) is 24.3 Å². The lowest BCUT2D eigenvalue weighted by Crippen LogP contribution is -2.46. The number of alkyl halides is 1. The molecule has 3 unspecified atom stereocenters. The average molecular weight is 263 g/mol. The number of halogens is 1. The first-order chi connectivity index (χ1) is 9.24. The summed E-state index contributed by atoms with van der Waals surface area (Å²) in [6.45, 7) is 0. The predicted molar refractivity (Wildman–Crippen MR) is 69.9 cm³/mol. The topological polar surface area (TPSA) is 38.3 Å². The van der Waals surface area contributed by atoms with Crippen molar-refractivity contribution in [3.8, 4) is 5.75 Å². The number of carbonyl (C=O) groups is 1. The number of hydrogen-bond donors (Lipinski definition) is 1. The maximum Gasteiger partial charge on any atom is 0.261 e. The van der Waals surface area contributed by atoms with Crippen LogP contribution in [-0.2, 0) is 11.2 Å². The second-order valence-corrected chi connectivity index (χ2v) is 5.31. The number of aryl methyl sites for hydroxylation is 1. The third-order valence-electron chi connectivity index (χ3n) is 3.97. The van der Waals surface area contributed by atoms with Crippen molar-refractivity contribution in [3.63, 3.8) is 0 Å². The Bertz CT molecular complexity index is 477. The number of rotatable bonds is 2. The van der Waals surface area contributed by atoms with Crippen LogP contribution in [-0.4, -0.2) is 24.2 Å². The van der Waals surface area contributed by atoms with E-state index in [1.807, 2.05) is 24.3 Å². The summed E-state index contributed by atoms with van der Waals surface area (Å²) in [5.41, 5.74) is 1.13. The molecule has 1 aromatic rings. The van der Waals surface area contributed by atoms with Gasteiger partial charge in [-0.1, -0.05) is 18.2 Å². The molecule has 2 aliphatic rings. The largest absolute Gasteiger partial charge is 0.480 e. The molecule has 102 valence electrons. The van der Waals surface area contributed by atoms with E-state index in [1.54, 1.807) is 0 Å². The number of carbonyl (C=O) groups excluding carboxylic acids is 1. The fraction of sp³-hybridized carbons (Fsp3) is 0.533. The molecule has 1 fully saturated rings. The second kappa shape index (κ2) is 5.19. The van der Waals surface area contributed by atoms with Crippen molar-refractivity contribution in [1.82, 2.24) is 5.32 Å². The Morgan fingerprint density at radius 3 is 2.89 bits per heavy atom. The van der Waals surface area contributed by atoms with E-state index in [9.17, 15) is 9.18 Å². The number of fused-ring (bicyclic) bond motifs is 1. The SMILES string of the molecule is O=C(NC1CCCC1F)C1CCc2ccccc2O1. The lowest BCUT2D eigenvalue weighted by Gasteiger charge is -2.26. The highest BCUT2D eigenvalue weighted by molar-refractivity contribution is 5.81. The fourth-order valence-corrected chi connectivity index (χ4v) is 2.86. The summed E-state index contributed by atoms with van der Waals surface area (Å²) < 4.78 is 19.2. The Balaban J connectivity index is 1.63. The van der Waals surface area contributed by atoms with Crippen LogP contribution in [0.5, 0.6) is 5.75 Å². The van der Waals surface area contributed by atoms with Crippen LogP contribution in [0.4, 0.5) is 4.39 Å². The maximum absolute atomic E-state index is 13.5. The number of ether oxygens (including phenoxy) is 1. The second-order valence-electron chi connectivity index (χ2n) is 5.31. The Morgan fingerprint density at radius 1 is 1.26 bits per heavy atom. The molecule has 0 radical (unpaired) electrons. The molecule has 0 bridgehead atoms. The first-order valence-electron chi connectivity index (χ1n) is 6.93. The summed E-state index contributed by atoms with van der Waals surface area (Å²) in [4.78, 5) is 12.1. The van der Waals surface area contributed by atoms with Gasteiger partial charge in [-0.2, -0.15) is 0 Å². The predicted octanol–water partition coefficient (Wildman–Crippen LogP) is 2.39. The van der Waals surface area contributed by atoms with Gasteiger partial charge in [0.05, 0.1) is 6.04 Å². The van der Waals surface area contributed by atoms with Crippen LogP contribution < -0.4 is 10.1 Å². The Hall–Kier alpha value is -1.58. The summed E-state index contributed by atoms with van der Waals surface area (Å²) in [7, 11) is 0. The van der Waals surface area contributed by atoms with E-state index in [-0.39, 0.29) is 11.9 Å². The lowest BCUT2D eigenvalue weighted by molar-refractivity contribution is -0.129. The van der Waals surface area contributed by atoms with Crippen LogP contribution in [0.25, 0.3) is 0 Å². The van der Waals surface area contributed by atoms with Crippen LogP contribution in [0.3, 0.4) is 0 Å². The molecule has 3 atom stereocenters. The molecule has 1 aromatic carbocycles. The highest BCUT2D eigenvalue weighted by Gasteiger charge is 2.32. The Kier molecular flexibility index (Phi) is 3.40. The Morgan fingerprint density at radius 2 is 2.11 bits per heavy atom. The number of nitrogens with one attached hydrogen (secondary N) is 1. The minimum Gasteiger partial charge on any atom is -0.480 e. The summed E-state index contributed by atoms with van der Waals surface area (Å²) in [5, 5.41) is 2.79. The quantitative estimate of drug-likeness (QED) is 0.889. The van der Waals surface area contributed by atoms with Crippen molar-refractivity contribution in [2.45, 2.75) is 50.4 Å². The Labute approximate surface area is 112 Å². The minimum absolute atomic E-state index is 0.177. The van der Waals surface area contributed by atoms with E-state index < -0.39 is 12.3 Å². The smallest absolute Gasteiger partial charge is 0.261 e. The van der Waals surface area contributed by atoms with Gasteiger partial charge in [-0.25, -0.2) is 4.39 Å². The minimum atomic E-state index is -0.903. The molecule has 1 heterocycles. The van der Waals surface area contributed by atoms with E-state index in [0.29, 0.717) is 12.8 Å². The van der Waals surface area contributed by atoms with Crippen molar-refractivity contribution >= 4 is 5.91 Å². The van der Waals surface area contributed by atoms with E-state index >= 15 is 0 Å². The fourth-order valence-electron chi connectivity index (χ4n) is 2.86. The maximum atomic E-state index is 13.5. The van der Waals surface area contributed by atoms with Gasteiger partial charge in [0.2, 0.25) is 0 Å². The first kappa shape index (κ1) is 12.5. The summed E-state index contributed by atoms with van der Waals surface area (Å²) in [5.74, 6) is 0.598. The zero-order valence-electron chi connectivity index (χ0n) is 10.8. The standard InChI is InChI=1S/C15H18FNO2/c16-11-5-3-6-12(11)17-15(18)14-9-8-10-4-1-2-7-13(10)19-14/h1-2,4,7,11-12,14H,3,5-6,8-9H2,(H,17,18). The molecule has 19 heavy (non-hydrogen) atoms. The summed E-state index contributed by atoms with van der Waals surface area (Å²) in [6.07, 6.45) is 2.24. The molecule has 3 rings (SSSR count). The molecule has 4 heteroatoms. The van der Waals surface area contributed by atoms with E-state index in [0.717, 1.165) is 30.6 Å². The van der Waals surface area contributed by atoms with Gasteiger partial charge in [0.1, 0.15) is 11.9 Å². The van der Waals surface area contributed by atoms with E-state index in [4.69, 9.17) is 4.74 Å². The molecule has 0 aromatic heterocycles. The third-order valence-corrected chi connectivity index (χ3v) is 3.97. The first-order valence-corrected chi connectivity index (χ1v) is 6.93. The molecule has 1 N–H and O–H groups in total. The lowest BCUT2D eigenvalue weighted by atomic mass is 10.0. The summed E-state index contributed by atoms with van der Waals surface area (Å²) in [6, 6.07) is 7.43. The molecular weight excluding hydrogens is 245 g/mol. The highest BCUT2D eigenvalue weighted by Crippen LogP contribution is 2.28. The zero-order chi connectivity index (χ0) is 13.2. The van der Waals surface area contributed by atoms with Crippen LogP contribution in [0, 0.1) is 0 Å². The number of benzene rings is 1. The van der Waals surface area contributed by atoms with Crippen LogP contribution in [0.1, 0.15) is 31.2 Å². The van der Waals surface area contributed by atoms with Crippen LogP contribution in [0.2, 0.25) is 0 Å². The number of para-hydroxylation sites is 1. The van der Waals surface area contributed by atoms with Gasteiger partial charge in [-0.05, 0) is 43.7 Å². The number of amides is 1. The van der Waals surface area contributed by atoms with E-state index in [1.165, 1.54) is 0 Å². The van der Waals surface area contributed by atoms with Crippen molar-refractivity contribution in [2.24, 2.45) is 0 Å². The molecule has 0 spiro atoms. The summed E-state index contributed by atoms with van der Waals surface area (Å²) >= 11 is 0. The van der Waals surface area contributed by atoms with Crippen molar-refractivity contribution in [1.29, 1.82) is 0 Å². The zero-order valence-corrected chi connectivity index (χ0v) is 10.8. The molecular formula is C15H18FNO2. The van der Waals surface area contributed by atoms with Gasteiger partial charge in [0.15, 0.2) is 6.10 Å². The normalized spacial score (nSPS) is 29.4. The molecule has 3 nitrogen and oxygen atoms in total. The van der Waals surface area contributed by atoms with Crippen molar-refractivity contribution < 1.29 is 13.9 Å². The van der Waals surface area contributed by atoms with Gasteiger partial charge < -0.3 is 10.1 Å². The monoisotopic (exact) mass is 263 g/mol. The highest BCUT2D eigenvalue weighted by atomic mass is 19.1. The molecule has 0 saturated heterocycles. The van der Waals surface area contributed by atoms with Crippen molar-refractivity contribution in [2.75, 3.05) is 0 Å². The van der Waals surface area contributed by atoms with Gasteiger partial charge in [-0.15, -0.1) is 0 Å². The molecule has 1 aliphatic carbocycles. The van der Waals surface area contributed by atoms with Crippen LogP contribution >= 0.6 is 0 Å². The number of hydrogen-bond acceptors (Lipinski definition) is 2. The van der Waals surface area contributed by atoms with Gasteiger partial charge in [-0.3, -0.25) is 4.79 Å². The average Bonchev–Trinajstić information content (AvgIpc) is 2.84. The van der Waals surface area contributed by atoms with Crippen molar-refractivity contribution in [3.05, 3.63) is 29.8 Å². The van der Waals surface area contributed by atoms with E-state index in [2.05, 4.69) is 5.32 Å². The molecule has 1 amide bonds. The molecule has 1 saturated carbocycles. The third kappa shape index (κ3) is 2.57. The van der Waals surface area contributed by atoms with Gasteiger partial charge in [0.25, 0.3) is 5.91 Å². The molecule has 1 aliphatic heterocycles.